The number of hydrogen-bond donors (Lipinski definition) is 1. The van der Waals surface area contributed by atoms with Gasteiger partial charge < -0.3 is 5.32 Å². The van der Waals surface area contributed by atoms with Crippen molar-refractivity contribution in [3.05, 3.63) is 69.5 Å². The smallest absolute Gasteiger partial charge is 0.251 e. The fraction of sp³-hybridized carbons (Fsp3) is 0.222. The van der Waals surface area contributed by atoms with Gasteiger partial charge >= 0.3 is 0 Å². The number of benzene rings is 2. The van der Waals surface area contributed by atoms with Crippen LogP contribution in [0.5, 0.6) is 0 Å². The topological polar surface area (TPSA) is 68.0 Å². The highest BCUT2D eigenvalue weighted by Crippen LogP contribution is 2.14. The number of halogens is 1. The minimum atomic E-state index is -0.0983. The van der Waals surface area contributed by atoms with Gasteiger partial charge in [-0.15, -0.1) is 0 Å². The van der Waals surface area contributed by atoms with Gasteiger partial charge in [0, 0.05) is 24.2 Å². The van der Waals surface area contributed by atoms with Crippen LogP contribution in [0.2, 0.25) is 5.02 Å². The van der Waals surface area contributed by atoms with Gasteiger partial charge in [0.25, 0.3) is 5.91 Å². The summed E-state index contributed by atoms with van der Waals surface area (Å²) in [7, 11) is 3.58. The number of hydrogen-bond acceptors (Lipinski definition) is 5. The molecule has 2 aromatic carbocycles. The molecule has 0 saturated carbocycles. The van der Waals surface area contributed by atoms with Gasteiger partial charge in [0.05, 0.1) is 12.4 Å². The Morgan fingerprint density at radius 1 is 1.22 bits per heavy atom. The monoisotopic (exact) mass is 402 g/mol. The third-order valence-corrected chi connectivity index (χ3v) is 4.58. The van der Waals surface area contributed by atoms with Crippen LogP contribution in [-0.2, 0) is 13.2 Å². The minimum Gasteiger partial charge on any atom is -0.355 e. The van der Waals surface area contributed by atoms with Crippen molar-refractivity contribution in [2.45, 2.75) is 13.2 Å². The molecule has 7 nitrogen and oxygen atoms in total. The molecule has 9 heteroatoms. The molecule has 0 radical (unpaired) electrons. The molecule has 3 rings (SSSR count). The molecule has 1 heterocycles. The van der Waals surface area contributed by atoms with Crippen LogP contribution >= 0.6 is 23.8 Å². The van der Waals surface area contributed by atoms with E-state index < -0.39 is 0 Å². The summed E-state index contributed by atoms with van der Waals surface area (Å²) in [5, 5.41) is 11.5. The Balaban J connectivity index is 1.69. The normalized spacial score (nSPS) is 11.0. The van der Waals surface area contributed by atoms with Crippen LogP contribution < -0.4 is 5.32 Å². The molecule has 0 atom stereocenters. The van der Waals surface area contributed by atoms with Gasteiger partial charge in [0.15, 0.2) is 0 Å². The molecule has 0 saturated heterocycles. The van der Waals surface area contributed by atoms with Gasteiger partial charge in [0.2, 0.25) is 4.77 Å². The second kappa shape index (κ2) is 8.43. The number of aromatic nitrogens is 4. The second-order valence-electron chi connectivity index (χ2n) is 6.08. The first-order valence-electron chi connectivity index (χ1n) is 8.26. The van der Waals surface area contributed by atoms with Gasteiger partial charge in [-0.25, -0.2) is 4.68 Å². The maximum atomic E-state index is 11.6. The summed E-state index contributed by atoms with van der Waals surface area (Å²) in [5.74, 6) is -0.0983. The maximum absolute atomic E-state index is 11.6. The third-order valence-electron chi connectivity index (χ3n) is 3.96. The van der Waals surface area contributed by atoms with Gasteiger partial charge in [-0.05, 0) is 65.6 Å². The highest BCUT2D eigenvalue weighted by atomic mass is 35.5. The molecule has 0 bridgehead atoms. The fourth-order valence-corrected chi connectivity index (χ4v) is 3.05. The zero-order chi connectivity index (χ0) is 19.4. The number of carbonyl (C=O) groups is 1. The summed E-state index contributed by atoms with van der Waals surface area (Å²) >= 11 is 11.5. The largest absolute Gasteiger partial charge is 0.355 e. The lowest BCUT2D eigenvalue weighted by molar-refractivity contribution is 0.0963. The number of carbonyl (C=O) groups excluding carboxylic acids is 1. The van der Waals surface area contributed by atoms with E-state index in [1.807, 2.05) is 43.4 Å². The van der Waals surface area contributed by atoms with E-state index >= 15 is 0 Å². The Morgan fingerprint density at radius 2 is 1.96 bits per heavy atom. The zero-order valence-electron chi connectivity index (χ0n) is 15.0. The number of rotatable bonds is 6. The molecule has 0 aliphatic carbocycles. The summed E-state index contributed by atoms with van der Waals surface area (Å²) in [6.07, 6.45) is 0. The quantitative estimate of drug-likeness (QED) is 0.642. The van der Waals surface area contributed by atoms with Crippen molar-refractivity contribution < 1.29 is 4.79 Å². The molecule has 1 aromatic heterocycles. The van der Waals surface area contributed by atoms with Crippen LogP contribution in [0.15, 0.2) is 48.5 Å². The Labute approximate surface area is 167 Å². The molecule has 140 valence electrons. The van der Waals surface area contributed by atoms with Crippen molar-refractivity contribution in [2.24, 2.45) is 0 Å². The average molecular weight is 403 g/mol. The standard InChI is InChI=1S/C18H19ClN6OS/c1-20-17(26)14-8-6-13(7-9-14)11-23(2)12-24-18(27)25(22-21-24)16-5-3-4-15(19)10-16/h3-10H,11-12H2,1-2H3,(H,20,26). The number of nitrogens with zero attached hydrogens (tertiary/aromatic N) is 5. The molecular weight excluding hydrogens is 384 g/mol. The summed E-state index contributed by atoms with van der Waals surface area (Å²) in [4.78, 5) is 13.7. The molecule has 0 aliphatic heterocycles. The van der Waals surface area contributed by atoms with Crippen molar-refractivity contribution in [1.29, 1.82) is 0 Å². The van der Waals surface area contributed by atoms with E-state index in [1.54, 1.807) is 28.5 Å². The third kappa shape index (κ3) is 4.60. The first-order chi connectivity index (χ1) is 13.0. The van der Waals surface area contributed by atoms with Crippen molar-refractivity contribution in [3.8, 4) is 5.69 Å². The number of amides is 1. The van der Waals surface area contributed by atoms with E-state index in [4.69, 9.17) is 23.8 Å². The van der Waals surface area contributed by atoms with E-state index in [2.05, 4.69) is 20.6 Å². The zero-order valence-corrected chi connectivity index (χ0v) is 16.5. The first kappa shape index (κ1) is 19.2. The second-order valence-corrected chi connectivity index (χ2v) is 6.89. The molecule has 3 aromatic rings. The molecule has 0 unspecified atom stereocenters. The molecule has 0 fully saturated rings. The van der Waals surface area contributed by atoms with Crippen molar-refractivity contribution in [3.63, 3.8) is 0 Å². The molecule has 1 amide bonds. The van der Waals surface area contributed by atoms with Crippen LogP contribution in [0.3, 0.4) is 0 Å². The first-order valence-corrected chi connectivity index (χ1v) is 9.05. The maximum Gasteiger partial charge on any atom is 0.251 e. The van der Waals surface area contributed by atoms with E-state index in [0.717, 1.165) is 11.3 Å². The summed E-state index contributed by atoms with van der Waals surface area (Å²) < 4.78 is 3.71. The SMILES string of the molecule is CNC(=O)c1ccc(CN(C)Cn2nnn(-c3cccc(Cl)c3)c2=S)cc1. The Hall–Kier alpha value is -2.55. The lowest BCUT2D eigenvalue weighted by atomic mass is 10.1. The van der Waals surface area contributed by atoms with Crippen LogP contribution in [-0.4, -0.2) is 44.7 Å². The van der Waals surface area contributed by atoms with Gasteiger partial charge in [-0.1, -0.05) is 29.8 Å². The Kier molecular flexibility index (Phi) is 6.00. The molecule has 0 spiro atoms. The highest BCUT2D eigenvalue weighted by molar-refractivity contribution is 7.71. The van der Waals surface area contributed by atoms with Crippen LogP contribution in [0.4, 0.5) is 0 Å². The van der Waals surface area contributed by atoms with E-state index in [1.165, 1.54) is 0 Å². The Bertz CT molecular complexity index is 998. The van der Waals surface area contributed by atoms with Crippen LogP contribution in [0.25, 0.3) is 5.69 Å². The lowest BCUT2D eigenvalue weighted by Gasteiger charge is -2.16. The van der Waals surface area contributed by atoms with Gasteiger partial charge in [-0.3, -0.25) is 9.69 Å². The van der Waals surface area contributed by atoms with Crippen molar-refractivity contribution in [2.75, 3.05) is 14.1 Å². The van der Waals surface area contributed by atoms with Crippen LogP contribution in [0.1, 0.15) is 15.9 Å². The highest BCUT2D eigenvalue weighted by Gasteiger charge is 2.09. The molecule has 0 aliphatic rings. The molecular formula is C18H19ClN6OS. The van der Waals surface area contributed by atoms with Crippen molar-refractivity contribution >= 4 is 29.7 Å². The summed E-state index contributed by atoms with van der Waals surface area (Å²) in [5.41, 5.74) is 2.49. The Morgan fingerprint density at radius 3 is 2.63 bits per heavy atom. The number of tetrazole rings is 1. The number of nitrogens with one attached hydrogen (secondary N) is 1. The molecule has 1 N–H and O–H groups in total. The van der Waals surface area contributed by atoms with Gasteiger partial charge in [-0.2, -0.15) is 4.68 Å². The summed E-state index contributed by atoms with van der Waals surface area (Å²) in [6, 6.07) is 14.8. The van der Waals surface area contributed by atoms with Crippen LogP contribution in [0, 0.1) is 4.77 Å². The van der Waals surface area contributed by atoms with Gasteiger partial charge in [0.1, 0.15) is 0 Å². The predicted molar refractivity (Wildman–Crippen MR) is 106 cm³/mol. The van der Waals surface area contributed by atoms with E-state index in [0.29, 0.717) is 28.6 Å². The average Bonchev–Trinajstić information content (AvgIpc) is 3.02. The predicted octanol–water partition coefficient (Wildman–Crippen LogP) is 2.90. The van der Waals surface area contributed by atoms with E-state index in [-0.39, 0.29) is 5.91 Å². The van der Waals surface area contributed by atoms with E-state index in [9.17, 15) is 4.79 Å². The molecule has 27 heavy (non-hydrogen) atoms. The summed E-state index contributed by atoms with van der Waals surface area (Å²) in [6.45, 7) is 1.16. The fourth-order valence-electron chi connectivity index (χ4n) is 2.63. The lowest BCUT2D eigenvalue weighted by Crippen LogP contribution is -2.23. The minimum absolute atomic E-state index is 0.0983. The van der Waals surface area contributed by atoms with Crippen molar-refractivity contribution in [1.82, 2.24) is 30.0 Å².